The minimum absolute atomic E-state index is 0.00469. The summed E-state index contributed by atoms with van der Waals surface area (Å²) in [5.41, 5.74) is 0.485. The molecule has 1 aliphatic heterocycles. The van der Waals surface area contributed by atoms with E-state index in [1.54, 1.807) is 28.5 Å². The van der Waals surface area contributed by atoms with Crippen molar-refractivity contribution in [3.05, 3.63) is 45.2 Å². The molecule has 190 valence electrons. The van der Waals surface area contributed by atoms with Gasteiger partial charge in [-0.05, 0) is 25.0 Å². The summed E-state index contributed by atoms with van der Waals surface area (Å²) < 4.78 is 16.2. The van der Waals surface area contributed by atoms with Crippen LogP contribution in [0.2, 0.25) is 0 Å². The smallest absolute Gasteiger partial charge is 0.277 e. The number of amides is 2. The Labute approximate surface area is 216 Å². The maximum absolute atomic E-state index is 13.3. The topological polar surface area (TPSA) is 166 Å². The van der Waals surface area contributed by atoms with Crippen LogP contribution in [-0.2, 0) is 0 Å². The number of methoxy groups -OCH3 is 3. The highest BCUT2D eigenvalue weighted by Crippen LogP contribution is 2.41. The average molecular weight is 522 g/mol. The molecular weight excluding hydrogens is 498 g/mol. The number of piperidine rings is 1. The lowest BCUT2D eigenvalue weighted by atomic mass is 9.97. The van der Waals surface area contributed by atoms with Gasteiger partial charge in [0.2, 0.25) is 11.7 Å². The van der Waals surface area contributed by atoms with E-state index < -0.39 is 5.91 Å². The van der Waals surface area contributed by atoms with Gasteiger partial charge in [0.05, 0.1) is 31.9 Å². The van der Waals surface area contributed by atoms with Crippen LogP contribution in [0.3, 0.4) is 0 Å². The van der Waals surface area contributed by atoms with Crippen LogP contribution in [0.5, 0.6) is 17.2 Å². The molecule has 3 heterocycles. The molecule has 0 spiro atoms. The first-order valence-electron chi connectivity index (χ1n) is 11.2. The number of nitriles is 2. The molecular formula is C24H23N7O5S. The zero-order valence-electron chi connectivity index (χ0n) is 20.3. The maximum Gasteiger partial charge on any atom is 0.277 e. The van der Waals surface area contributed by atoms with E-state index in [9.17, 15) is 9.59 Å². The Hall–Kier alpha value is -4.62. The number of hydrogen-bond acceptors (Lipinski definition) is 10. The highest BCUT2D eigenvalue weighted by molar-refractivity contribution is 7.10. The molecule has 1 aliphatic rings. The van der Waals surface area contributed by atoms with Crippen LogP contribution in [0, 0.1) is 22.7 Å². The molecule has 0 atom stereocenters. The zero-order valence-corrected chi connectivity index (χ0v) is 21.1. The Kier molecular flexibility index (Phi) is 7.55. The van der Waals surface area contributed by atoms with Crippen LogP contribution in [0.25, 0.3) is 0 Å². The molecule has 0 aliphatic carbocycles. The van der Waals surface area contributed by atoms with Gasteiger partial charge in [-0.3, -0.25) is 14.9 Å². The van der Waals surface area contributed by atoms with Crippen LogP contribution in [0.4, 0.5) is 5.95 Å². The number of nitrogens with zero attached hydrogens (tertiary/aromatic N) is 5. The summed E-state index contributed by atoms with van der Waals surface area (Å²) >= 11 is 1.37. The van der Waals surface area contributed by atoms with Crippen LogP contribution in [0.15, 0.2) is 17.5 Å². The number of thiazole rings is 1. The number of imidazole rings is 1. The van der Waals surface area contributed by atoms with Crippen LogP contribution < -0.4 is 19.5 Å². The predicted molar refractivity (Wildman–Crippen MR) is 132 cm³/mol. The molecule has 2 amide bonds. The molecule has 4 rings (SSSR count). The minimum atomic E-state index is -0.501. The van der Waals surface area contributed by atoms with Gasteiger partial charge >= 0.3 is 0 Å². The standard InChI is InChI=1S/C24H23N7O5S/c1-34-18-5-4-14(19(35-2)20(18)36-3)23(33)31-8-6-13(7-9-31)22-27-17(12-37-22)21(32)30-24-28-15(10-25)16(11-26)29-24/h4-5,12-13H,6-9H2,1-3H3,(H2,28,29,30,32). The number of rotatable bonds is 7. The largest absolute Gasteiger partial charge is 0.493 e. The van der Waals surface area contributed by atoms with Crippen molar-refractivity contribution in [1.29, 1.82) is 10.5 Å². The maximum atomic E-state index is 13.3. The number of hydrogen-bond donors (Lipinski definition) is 2. The summed E-state index contributed by atoms with van der Waals surface area (Å²) in [6.45, 7) is 1.03. The summed E-state index contributed by atoms with van der Waals surface area (Å²) in [6.07, 6.45) is 1.37. The Morgan fingerprint density at radius 3 is 2.41 bits per heavy atom. The van der Waals surface area contributed by atoms with E-state index >= 15 is 0 Å². The molecule has 1 fully saturated rings. The van der Waals surface area contributed by atoms with E-state index in [-0.39, 0.29) is 34.9 Å². The fourth-order valence-electron chi connectivity index (χ4n) is 4.11. The van der Waals surface area contributed by atoms with Gasteiger partial charge in [-0.1, -0.05) is 0 Å². The van der Waals surface area contributed by atoms with E-state index in [1.165, 1.54) is 32.7 Å². The Morgan fingerprint density at radius 2 is 1.81 bits per heavy atom. The monoisotopic (exact) mass is 521 g/mol. The number of aromatic amines is 1. The predicted octanol–water partition coefficient (Wildman–Crippen LogP) is 2.91. The van der Waals surface area contributed by atoms with Crippen LogP contribution in [-0.4, -0.2) is 66.1 Å². The van der Waals surface area contributed by atoms with E-state index in [0.717, 1.165) is 5.01 Å². The third-order valence-corrected chi connectivity index (χ3v) is 6.98. The Bertz CT molecular complexity index is 1380. The molecule has 13 heteroatoms. The molecule has 0 unspecified atom stereocenters. The molecule has 1 aromatic carbocycles. The number of carbonyl (C=O) groups excluding carboxylic acids is 2. The van der Waals surface area contributed by atoms with Crippen molar-refractivity contribution in [3.63, 3.8) is 0 Å². The van der Waals surface area contributed by atoms with Crippen molar-refractivity contribution in [2.45, 2.75) is 18.8 Å². The molecule has 12 nitrogen and oxygen atoms in total. The van der Waals surface area contributed by atoms with E-state index in [4.69, 9.17) is 24.7 Å². The Balaban J connectivity index is 1.40. The highest BCUT2D eigenvalue weighted by Gasteiger charge is 2.30. The van der Waals surface area contributed by atoms with Crippen molar-refractivity contribution < 1.29 is 23.8 Å². The first kappa shape index (κ1) is 25.5. The number of anilines is 1. The summed E-state index contributed by atoms with van der Waals surface area (Å²) in [4.78, 5) is 38.6. The molecule has 3 aromatic rings. The van der Waals surface area contributed by atoms with E-state index in [0.29, 0.717) is 48.7 Å². The number of nitrogens with one attached hydrogen (secondary N) is 2. The first-order valence-corrected chi connectivity index (χ1v) is 12.1. The minimum Gasteiger partial charge on any atom is -0.493 e. The first-order chi connectivity index (χ1) is 17.9. The van der Waals surface area contributed by atoms with E-state index in [2.05, 4.69) is 20.3 Å². The van der Waals surface area contributed by atoms with Gasteiger partial charge in [0.25, 0.3) is 11.8 Å². The average Bonchev–Trinajstić information content (AvgIpc) is 3.59. The van der Waals surface area contributed by atoms with Crippen molar-refractivity contribution in [3.8, 4) is 29.4 Å². The van der Waals surface area contributed by atoms with Gasteiger partial charge in [-0.15, -0.1) is 11.3 Å². The number of ether oxygens (including phenoxy) is 3. The Morgan fingerprint density at radius 1 is 1.08 bits per heavy atom. The second kappa shape index (κ2) is 11.0. The summed E-state index contributed by atoms with van der Waals surface area (Å²) in [7, 11) is 4.49. The lowest BCUT2D eigenvalue weighted by molar-refractivity contribution is 0.0708. The quantitative estimate of drug-likeness (QED) is 0.475. The second-order valence-electron chi connectivity index (χ2n) is 8.01. The summed E-state index contributed by atoms with van der Waals surface area (Å²) in [5.74, 6) is 0.598. The van der Waals surface area contributed by atoms with Gasteiger partial charge < -0.3 is 24.1 Å². The van der Waals surface area contributed by atoms with Crippen molar-refractivity contribution in [1.82, 2.24) is 19.9 Å². The number of likely N-dealkylation sites (tertiary alicyclic amines) is 1. The molecule has 0 radical (unpaired) electrons. The third-order valence-electron chi connectivity index (χ3n) is 5.97. The van der Waals surface area contributed by atoms with Crippen molar-refractivity contribution in [2.24, 2.45) is 0 Å². The summed E-state index contributed by atoms with van der Waals surface area (Å²) in [6, 6.07) is 6.94. The van der Waals surface area contributed by atoms with Gasteiger partial charge in [0.1, 0.15) is 17.8 Å². The van der Waals surface area contributed by atoms with Gasteiger partial charge in [0.15, 0.2) is 22.9 Å². The van der Waals surface area contributed by atoms with Crippen molar-refractivity contribution in [2.75, 3.05) is 39.7 Å². The lowest BCUT2D eigenvalue weighted by Gasteiger charge is -2.31. The third kappa shape index (κ3) is 5.03. The van der Waals surface area contributed by atoms with Crippen molar-refractivity contribution >= 4 is 29.1 Å². The SMILES string of the molecule is COc1ccc(C(=O)N2CCC(c3nc(C(=O)Nc4nc(C#N)c(C#N)[nH]4)cs3)CC2)c(OC)c1OC. The fraction of sp³-hybridized carbons (Fsp3) is 0.333. The normalized spacial score (nSPS) is 13.4. The molecule has 2 N–H and O–H groups in total. The number of H-pyrrole nitrogens is 1. The van der Waals surface area contributed by atoms with Gasteiger partial charge in [0, 0.05) is 24.4 Å². The van der Waals surface area contributed by atoms with Crippen LogP contribution >= 0.6 is 11.3 Å². The molecule has 0 saturated carbocycles. The van der Waals surface area contributed by atoms with Gasteiger partial charge in [-0.2, -0.15) is 10.5 Å². The van der Waals surface area contributed by atoms with Crippen LogP contribution in [0.1, 0.15) is 56.0 Å². The number of benzene rings is 1. The van der Waals surface area contributed by atoms with Gasteiger partial charge in [-0.25, -0.2) is 9.97 Å². The summed E-state index contributed by atoms with van der Waals surface area (Å²) in [5, 5.41) is 23.0. The number of carbonyl (C=O) groups is 2. The van der Waals surface area contributed by atoms with E-state index in [1.807, 2.05) is 6.07 Å². The number of aromatic nitrogens is 3. The molecule has 0 bridgehead atoms. The zero-order chi connectivity index (χ0) is 26.5. The molecule has 2 aromatic heterocycles. The second-order valence-corrected chi connectivity index (χ2v) is 8.90. The highest BCUT2D eigenvalue weighted by atomic mass is 32.1. The fourth-order valence-corrected chi connectivity index (χ4v) is 5.09. The molecule has 37 heavy (non-hydrogen) atoms. The lowest BCUT2D eigenvalue weighted by Crippen LogP contribution is -2.38. The molecule has 1 saturated heterocycles.